The molecule has 1 amide bonds. The number of nitrogen functional groups attached to an aromatic ring is 1. The molecule has 3 nitrogen and oxygen atoms in total. The first-order chi connectivity index (χ1) is 8.75. The summed E-state index contributed by atoms with van der Waals surface area (Å²) in [5.74, 6) is 0.130. The fourth-order valence-electron chi connectivity index (χ4n) is 2.40. The molecule has 0 saturated carbocycles. The first-order valence-corrected chi connectivity index (χ1v) is 6.89. The number of para-hydroxylation sites is 1. The smallest absolute Gasteiger partial charge is 0.231 e. The summed E-state index contributed by atoms with van der Waals surface area (Å²) in [4.78, 5) is 14.1. The van der Waals surface area contributed by atoms with Crippen LogP contribution in [0.5, 0.6) is 0 Å². The van der Waals surface area contributed by atoms with Gasteiger partial charge < -0.3 is 10.6 Å². The van der Waals surface area contributed by atoms with E-state index in [0.717, 1.165) is 24.2 Å². The minimum Gasteiger partial charge on any atom is -0.397 e. The molecule has 0 unspecified atom stereocenters. The highest BCUT2D eigenvalue weighted by Crippen LogP contribution is 2.33. The first-order valence-electron chi connectivity index (χ1n) is 5.94. The molecule has 92 valence electrons. The Morgan fingerprint density at radius 1 is 1.39 bits per heavy atom. The van der Waals surface area contributed by atoms with Gasteiger partial charge in [-0.2, -0.15) is 11.3 Å². The number of hydrogen-bond donors (Lipinski definition) is 1. The van der Waals surface area contributed by atoms with Crippen molar-refractivity contribution >= 4 is 28.6 Å². The molecule has 0 spiro atoms. The van der Waals surface area contributed by atoms with Crippen LogP contribution in [0.25, 0.3) is 0 Å². The molecule has 1 aromatic carbocycles. The quantitative estimate of drug-likeness (QED) is 0.841. The Morgan fingerprint density at radius 3 is 3.06 bits per heavy atom. The summed E-state index contributed by atoms with van der Waals surface area (Å²) in [5.41, 5.74) is 9.85. The van der Waals surface area contributed by atoms with Crippen LogP contribution in [0.2, 0.25) is 0 Å². The minimum atomic E-state index is 0.130. The lowest BCUT2D eigenvalue weighted by Gasteiger charge is -2.18. The molecule has 18 heavy (non-hydrogen) atoms. The summed E-state index contributed by atoms with van der Waals surface area (Å²) < 4.78 is 0. The predicted octanol–water partition coefficient (Wildman–Crippen LogP) is 2.46. The van der Waals surface area contributed by atoms with Gasteiger partial charge in [0.25, 0.3) is 0 Å². The molecule has 3 rings (SSSR count). The van der Waals surface area contributed by atoms with E-state index in [-0.39, 0.29) is 5.91 Å². The monoisotopic (exact) mass is 258 g/mol. The van der Waals surface area contributed by atoms with Crippen molar-refractivity contribution in [3.05, 3.63) is 46.2 Å². The molecule has 0 fully saturated rings. The Bertz CT molecular complexity index is 577. The van der Waals surface area contributed by atoms with Crippen molar-refractivity contribution in [1.82, 2.24) is 0 Å². The summed E-state index contributed by atoms with van der Waals surface area (Å²) in [6, 6.07) is 7.84. The van der Waals surface area contributed by atoms with Crippen molar-refractivity contribution in [2.75, 3.05) is 17.2 Å². The fraction of sp³-hybridized carbons (Fsp3) is 0.214. The van der Waals surface area contributed by atoms with Crippen LogP contribution in [-0.4, -0.2) is 12.5 Å². The number of rotatable bonds is 2. The van der Waals surface area contributed by atoms with Crippen LogP contribution in [-0.2, 0) is 17.6 Å². The highest BCUT2D eigenvalue weighted by molar-refractivity contribution is 7.08. The maximum absolute atomic E-state index is 12.3. The maximum atomic E-state index is 12.3. The van der Waals surface area contributed by atoms with Gasteiger partial charge in [0.2, 0.25) is 5.91 Å². The van der Waals surface area contributed by atoms with E-state index in [0.29, 0.717) is 12.1 Å². The zero-order valence-corrected chi connectivity index (χ0v) is 10.7. The van der Waals surface area contributed by atoms with Crippen molar-refractivity contribution in [2.24, 2.45) is 0 Å². The highest BCUT2D eigenvalue weighted by atomic mass is 32.1. The van der Waals surface area contributed by atoms with Gasteiger partial charge in [-0.3, -0.25) is 4.79 Å². The number of fused-ring (bicyclic) bond motifs is 1. The fourth-order valence-corrected chi connectivity index (χ4v) is 3.07. The zero-order chi connectivity index (χ0) is 12.5. The molecular formula is C14H14N2OS. The summed E-state index contributed by atoms with van der Waals surface area (Å²) in [5, 5.41) is 4.01. The molecule has 0 atom stereocenters. The van der Waals surface area contributed by atoms with Gasteiger partial charge in [-0.1, -0.05) is 12.1 Å². The number of anilines is 2. The van der Waals surface area contributed by atoms with E-state index in [1.54, 1.807) is 11.3 Å². The molecule has 4 heteroatoms. The van der Waals surface area contributed by atoms with Crippen LogP contribution < -0.4 is 10.6 Å². The summed E-state index contributed by atoms with van der Waals surface area (Å²) in [6.07, 6.45) is 1.35. The van der Waals surface area contributed by atoms with Gasteiger partial charge in [-0.15, -0.1) is 0 Å². The number of hydrogen-bond acceptors (Lipinski definition) is 3. The molecule has 0 aliphatic carbocycles. The van der Waals surface area contributed by atoms with E-state index < -0.39 is 0 Å². The number of nitrogens with zero attached hydrogens (tertiary/aromatic N) is 1. The summed E-state index contributed by atoms with van der Waals surface area (Å²) in [6.45, 7) is 0.743. The number of carbonyl (C=O) groups excluding carboxylic acids is 1. The molecule has 0 radical (unpaired) electrons. The van der Waals surface area contributed by atoms with E-state index in [4.69, 9.17) is 5.73 Å². The van der Waals surface area contributed by atoms with E-state index in [1.165, 1.54) is 5.56 Å². The van der Waals surface area contributed by atoms with Gasteiger partial charge in [0.1, 0.15) is 0 Å². The molecule has 2 aromatic rings. The predicted molar refractivity (Wildman–Crippen MR) is 74.9 cm³/mol. The van der Waals surface area contributed by atoms with Crippen molar-refractivity contribution in [2.45, 2.75) is 12.8 Å². The number of thiophene rings is 1. The Morgan fingerprint density at radius 2 is 2.28 bits per heavy atom. The van der Waals surface area contributed by atoms with Gasteiger partial charge >= 0.3 is 0 Å². The number of benzene rings is 1. The third kappa shape index (κ3) is 1.88. The second-order valence-electron chi connectivity index (χ2n) is 4.46. The first kappa shape index (κ1) is 11.3. The third-order valence-electron chi connectivity index (χ3n) is 3.26. The van der Waals surface area contributed by atoms with Crippen molar-refractivity contribution in [1.29, 1.82) is 0 Å². The Balaban J connectivity index is 1.86. The maximum Gasteiger partial charge on any atom is 0.231 e. The van der Waals surface area contributed by atoms with Gasteiger partial charge in [0, 0.05) is 6.54 Å². The Hall–Kier alpha value is -1.81. The molecule has 1 aliphatic rings. The SMILES string of the molecule is Nc1cccc2c1N(C(=O)Cc1ccsc1)CC2. The molecule has 2 heterocycles. The number of nitrogens with two attached hydrogens (primary N) is 1. The lowest BCUT2D eigenvalue weighted by molar-refractivity contribution is -0.117. The van der Waals surface area contributed by atoms with Crippen LogP contribution in [0.3, 0.4) is 0 Å². The Labute approximate surface area is 110 Å². The highest BCUT2D eigenvalue weighted by Gasteiger charge is 2.26. The van der Waals surface area contributed by atoms with E-state index in [2.05, 4.69) is 0 Å². The van der Waals surface area contributed by atoms with Gasteiger partial charge in [-0.25, -0.2) is 0 Å². The van der Waals surface area contributed by atoms with Crippen LogP contribution in [0.4, 0.5) is 11.4 Å². The molecule has 2 N–H and O–H groups in total. The van der Waals surface area contributed by atoms with Crippen molar-refractivity contribution in [3.8, 4) is 0 Å². The van der Waals surface area contributed by atoms with Crippen molar-refractivity contribution in [3.63, 3.8) is 0 Å². The van der Waals surface area contributed by atoms with Gasteiger partial charge in [0.05, 0.1) is 17.8 Å². The van der Waals surface area contributed by atoms with Gasteiger partial charge in [-0.05, 0) is 40.4 Å². The lowest BCUT2D eigenvalue weighted by Crippen LogP contribution is -2.30. The number of carbonyl (C=O) groups is 1. The molecule has 0 saturated heterocycles. The van der Waals surface area contributed by atoms with Crippen LogP contribution >= 0.6 is 11.3 Å². The topological polar surface area (TPSA) is 46.3 Å². The normalized spacial score (nSPS) is 13.7. The molecule has 0 bridgehead atoms. The van der Waals surface area contributed by atoms with Crippen LogP contribution in [0, 0.1) is 0 Å². The molecular weight excluding hydrogens is 244 g/mol. The average molecular weight is 258 g/mol. The van der Waals surface area contributed by atoms with Gasteiger partial charge in [0.15, 0.2) is 0 Å². The summed E-state index contributed by atoms with van der Waals surface area (Å²) in [7, 11) is 0. The number of amides is 1. The standard InChI is InChI=1S/C14H14N2OS/c15-12-3-1-2-11-4-6-16(14(11)12)13(17)8-10-5-7-18-9-10/h1-3,5,7,9H,4,6,8,15H2. The second kappa shape index (κ2) is 4.46. The zero-order valence-electron chi connectivity index (χ0n) is 9.93. The summed E-state index contributed by atoms with van der Waals surface area (Å²) >= 11 is 1.62. The largest absolute Gasteiger partial charge is 0.397 e. The Kier molecular flexibility index (Phi) is 2.80. The van der Waals surface area contributed by atoms with Crippen LogP contribution in [0.1, 0.15) is 11.1 Å². The average Bonchev–Trinajstić information content (AvgIpc) is 2.97. The van der Waals surface area contributed by atoms with E-state index >= 15 is 0 Å². The lowest BCUT2D eigenvalue weighted by atomic mass is 10.1. The van der Waals surface area contributed by atoms with E-state index in [9.17, 15) is 4.79 Å². The van der Waals surface area contributed by atoms with Crippen LogP contribution in [0.15, 0.2) is 35.0 Å². The molecule has 1 aromatic heterocycles. The third-order valence-corrected chi connectivity index (χ3v) is 3.99. The second-order valence-corrected chi connectivity index (χ2v) is 5.24. The van der Waals surface area contributed by atoms with E-state index in [1.807, 2.05) is 39.9 Å². The molecule has 1 aliphatic heterocycles. The van der Waals surface area contributed by atoms with Crippen molar-refractivity contribution < 1.29 is 4.79 Å². The minimum absolute atomic E-state index is 0.130.